The lowest BCUT2D eigenvalue weighted by atomic mass is 9.89. The van der Waals surface area contributed by atoms with Crippen molar-refractivity contribution in [2.45, 2.75) is 29.7 Å². The molecule has 2 nitrogen and oxygen atoms in total. The summed E-state index contributed by atoms with van der Waals surface area (Å²) in [6.07, 6.45) is 2.00. The van der Waals surface area contributed by atoms with E-state index in [1.165, 1.54) is 0 Å². The highest BCUT2D eigenvalue weighted by atomic mass is 35.5. The molecule has 2 saturated carbocycles. The van der Waals surface area contributed by atoms with Gasteiger partial charge in [0, 0.05) is 0 Å². The molecule has 98 valence electrons. The van der Waals surface area contributed by atoms with Crippen LogP contribution in [0.15, 0.2) is 0 Å². The number of fused-ring (bicyclic) bond motifs is 1. The molecule has 0 radical (unpaired) electrons. The van der Waals surface area contributed by atoms with Crippen molar-refractivity contribution in [3.8, 4) is 0 Å². The molecule has 6 heteroatoms. The molecule has 0 aliphatic heterocycles. The number of ether oxygens (including phenoxy) is 1. The van der Waals surface area contributed by atoms with Crippen molar-refractivity contribution in [1.29, 1.82) is 0 Å². The Bertz CT molecular complexity index is 304. The maximum atomic E-state index is 11.9. The van der Waals surface area contributed by atoms with Crippen LogP contribution in [0.5, 0.6) is 0 Å². The molecule has 17 heavy (non-hydrogen) atoms. The zero-order chi connectivity index (χ0) is 12.6. The maximum Gasteiger partial charge on any atom is 0.309 e. The summed E-state index contributed by atoms with van der Waals surface area (Å²) in [5.74, 6) is 0.719. The van der Waals surface area contributed by atoms with Crippen LogP contribution in [0.25, 0.3) is 0 Å². The second-order valence-corrected chi connectivity index (χ2v) is 6.83. The van der Waals surface area contributed by atoms with E-state index >= 15 is 0 Å². The summed E-state index contributed by atoms with van der Waals surface area (Å²) in [7, 11) is 0. The summed E-state index contributed by atoms with van der Waals surface area (Å²) in [4.78, 5) is 11.9. The zero-order valence-electron chi connectivity index (χ0n) is 9.17. The van der Waals surface area contributed by atoms with E-state index in [9.17, 15) is 4.79 Å². The first kappa shape index (κ1) is 14.0. The molecule has 0 aromatic heterocycles. The highest BCUT2D eigenvalue weighted by Gasteiger charge is 2.65. The summed E-state index contributed by atoms with van der Waals surface area (Å²) >= 11 is 23.5. The van der Waals surface area contributed by atoms with Gasteiger partial charge in [-0.3, -0.25) is 4.79 Å². The van der Waals surface area contributed by atoms with Crippen LogP contribution in [0.2, 0.25) is 0 Å². The predicted octanol–water partition coefficient (Wildman–Crippen LogP) is 3.60. The average Bonchev–Trinajstić information content (AvgIpc) is 2.88. The fourth-order valence-corrected chi connectivity index (χ4v) is 3.89. The second kappa shape index (κ2) is 5.32. The third-order valence-corrected chi connectivity index (χ3v) is 5.50. The van der Waals surface area contributed by atoms with E-state index in [-0.39, 0.29) is 29.6 Å². The lowest BCUT2D eigenvalue weighted by Crippen LogP contribution is -2.28. The number of carbonyl (C=O) groups is 1. The van der Waals surface area contributed by atoms with Gasteiger partial charge >= 0.3 is 5.97 Å². The second-order valence-electron chi connectivity index (χ2n) is 4.76. The highest BCUT2D eigenvalue weighted by Crippen LogP contribution is 2.66. The Balaban J connectivity index is 1.85. The minimum atomic E-state index is -0.618. The highest BCUT2D eigenvalue weighted by molar-refractivity contribution is 6.51. The van der Waals surface area contributed by atoms with E-state index in [1.807, 2.05) is 0 Å². The molecule has 0 saturated heterocycles. The molecule has 2 aliphatic rings. The van der Waals surface area contributed by atoms with Crippen molar-refractivity contribution < 1.29 is 9.53 Å². The number of rotatable bonds is 4. The van der Waals surface area contributed by atoms with Crippen molar-refractivity contribution in [2.24, 2.45) is 17.8 Å². The van der Waals surface area contributed by atoms with Crippen LogP contribution in [0.4, 0.5) is 0 Å². The fourth-order valence-electron chi connectivity index (χ4n) is 2.56. The Labute approximate surface area is 121 Å². The Morgan fingerprint density at radius 3 is 2.41 bits per heavy atom. The van der Waals surface area contributed by atoms with E-state index < -0.39 is 10.4 Å². The minimum Gasteiger partial charge on any atom is -0.460 e. The van der Waals surface area contributed by atoms with Crippen LogP contribution < -0.4 is 0 Å². The maximum absolute atomic E-state index is 11.9. The van der Waals surface area contributed by atoms with E-state index in [0.717, 1.165) is 12.8 Å². The molecule has 0 spiro atoms. The summed E-state index contributed by atoms with van der Waals surface area (Å²) in [6.45, 7) is 0. The molecule has 0 heterocycles. The quantitative estimate of drug-likeness (QED) is 0.584. The first-order valence-electron chi connectivity index (χ1n) is 5.71. The van der Waals surface area contributed by atoms with Crippen LogP contribution in [-0.4, -0.2) is 28.2 Å². The van der Waals surface area contributed by atoms with Gasteiger partial charge in [-0.15, -0.1) is 46.4 Å². The molecular formula is C11H14Cl4O2. The normalized spacial score (nSPS) is 34.3. The molecule has 3 unspecified atom stereocenters. The van der Waals surface area contributed by atoms with Gasteiger partial charge in [0.25, 0.3) is 0 Å². The third-order valence-electron chi connectivity index (χ3n) is 3.69. The average molecular weight is 320 g/mol. The van der Waals surface area contributed by atoms with Gasteiger partial charge in [0.05, 0.1) is 17.7 Å². The molecule has 0 aromatic carbocycles. The zero-order valence-corrected chi connectivity index (χ0v) is 12.2. The van der Waals surface area contributed by atoms with Crippen LogP contribution in [0, 0.1) is 17.8 Å². The van der Waals surface area contributed by atoms with E-state index in [4.69, 9.17) is 51.1 Å². The SMILES string of the molecule is O=C(OC(CCl)CCl)C1CCC2C(C1)C2(Cl)Cl. The topological polar surface area (TPSA) is 26.3 Å². The summed E-state index contributed by atoms with van der Waals surface area (Å²) in [5, 5.41) is 0. The lowest BCUT2D eigenvalue weighted by molar-refractivity contribution is -0.153. The molecular weight excluding hydrogens is 306 g/mol. The largest absolute Gasteiger partial charge is 0.460 e. The van der Waals surface area contributed by atoms with Crippen LogP contribution in [-0.2, 0) is 9.53 Å². The number of alkyl halides is 4. The minimum absolute atomic E-state index is 0.107. The monoisotopic (exact) mass is 318 g/mol. The smallest absolute Gasteiger partial charge is 0.309 e. The Hall–Kier alpha value is 0.630. The number of carbonyl (C=O) groups excluding carboxylic acids is 1. The molecule has 0 aromatic rings. The molecule has 0 N–H and O–H groups in total. The van der Waals surface area contributed by atoms with Gasteiger partial charge in [0.15, 0.2) is 0 Å². The van der Waals surface area contributed by atoms with Crippen molar-refractivity contribution in [2.75, 3.05) is 11.8 Å². The lowest BCUT2D eigenvalue weighted by Gasteiger charge is -2.21. The molecule has 0 amide bonds. The van der Waals surface area contributed by atoms with Gasteiger partial charge in [-0.2, -0.15) is 0 Å². The van der Waals surface area contributed by atoms with Crippen molar-refractivity contribution in [3.63, 3.8) is 0 Å². The summed E-state index contributed by atoms with van der Waals surface area (Å²) < 4.78 is 4.62. The van der Waals surface area contributed by atoms with Gasteiger partial charge in [-0.05, 0) is 31.1 Å². The number of hydrogen-bond donors (Lipinski definition) is 0. The number of hydrogen-bond acceptors (Lipinski definition) is 2. The van der Waals surface area contributed by atoms with Gasteiger partial charge in [-0.25, -0.2) is 0 Å². The van der Waals surface area contributed by atoms with E-state index in [1.54, 1.807) is 0 Å². The van der Waals surface area contributed by atoms with Crippen molar-refractivity contribution >= 4 is 52.4 Å². The third kappa shape index (κ3) is 2.80. The predicted molar refractivity (Wildman–Crippen MR) is 70.1 cm³/mol. The van der Waals surface area contributed by atoms with E-state index in [0.29, 0.717) is 12.3 Å². The molecule has 2 fully saturated rings. The van der Waals surface area contributed by atoms with Gasteiger partial charge in [0.1, 0.15) is 10.4 Å². The Morgan fingerprint density at radius 2 is 1.88 bits per heavy atom. The van der Waals surface area contributed by atoms with Gasteiger partial charge < -0.3 is 4.74 Å². The number of esters is 1. The first-order chi connectivity index (χ1) is 8.00. The Kier molecular flexibility index (Phi) is 4.40. The standard InChI is InChI=1S/C11H14Cl4O2/c12-4-7(5-13)17-10(16)6-1-2-8-9(3-6)11(8,14)15/h6-9H,1-5H2. The van der Waals surface area contributed by atoms with Crippen LogP contribution in [0.3, 0.4) is 0 Å². The molecule has 2 aliphatic carbocycles. The fraction of sp³-hybridized carbons (Fsp3) is 0.909. The summed E-state index contributed by atoms with van der Waals surface area (Å²) in [6, 6.07) is 0. The Morgan fingerprint density at radius 1 is 1.24 bits per heavy atom. The van der Waals surface area contributed by atoms with Crippen LogP contribution >= 0.6 is 46.4 Å². The van der Waals surface area contributed by atoms with Crippen molar-refractivity contribution in [1.82, 2.24) is 0 Å². The summed E-state index contributed by atoms with van der Waals surface area (Å²) in [5.41, 5.74) is 0. The first-order valence-corrected chi connectivity index (χ1v) is 7.53. The van der Waals surface area contributed by atoms with Gasteiger partial charge in [-0.1, -0.05) is 0 Å². The molecule has 2 rings (SSSR count). The van der Waals surface area contributed by atoms with Gasteiger partial charge in [0.2, 0.25) is 0 Å². The van der Waals surface area contributed by atoms with Crippen molar-refractivity contribution in [3.05, 3.63) is 0 Å². The molecule has 3 atom stereocenters. The van der Waals surface area contributed by atoms with Crippen LogP contribution in [0.1, 0.15) is 19.3 Å². The molecule has 0 bridgehead atoms. The number of halogens is 4. The van der Waals surface area contributed by atoms with E-state index in [2.05, 4.69) is 0 Å².